The zero-order valence-electron chi connectivity index (χ0n) is 9.77. The lowest BCUT2D eigenvalue weighted by Crippen LogP contribution is -2.20. The molecule has 5 nitrogen and oxygen atoms in total. The molecule has 0 aromatic carbocycles. The minimum Gasteiger partial charge on any atom is -0.468 e. The fourth-order valence-electron chi connectivity index (χ4n) is 1.49. The molecule has 1 atom stereocenters. The van der Waals surface area contributed by atoms with E-state index in [2.05, 4.69) is 22.4 Å². The molecule has 2 rings (SSSR count). The van der Waals surface area contributed by atoms with E-state index in [4.69, 9.17) is 4.42 Å². The van der Waals surface area contributed by atoms with Gasteiger partial charge in [0, 0.05) is 7.05 Å². The molecule has 0 aliphatic rings. The quantitative estimate of drug-likeness (QED) is 0.849. The van der Waals surface area contributed by atoms with Gasteiger partial charge >= 0.3 is 0 Å². The van der Waals surface area contributed by atoms with Gasteiger partial charge < -0.3 is 14.3 Å². The molecule has 0 fully saturated rings. The zero-order valence-corrected chi connectivity index (χ0v) is 9.77. The Morgan fingerprint density at radius 2 is 2.31 bits per heavy atom. The molecular weight excluding hydrogens is 204 g/mol. The first kappa shape index (κ1) is 10.9. The Morgan fingerprint density at radius 1 is 1.50 bits per heavy atom. The molecule has 16 heavy (non-hydrogen) atoms. The van der Waals surface area contributed by atoms with Gasteiger partial charge in [-0.05, 0) is 26.0 Å². The first-order chi connectivity index (χ1) is 7.68. The van der Waals surface area contributed by atoms with Gasteiger partial charge in [0.15, 0.2) is 0 Å². The van der Waals surface area contributed by atoms with Crippen molar-refractivity contribution in [1.29, 1.82) is 0 Å². The number of furan rings is 1. The molecule has 0 spiro atoms. The summed E-state index contributed by atoms with van der Waals surface area (Å²) in [6.45, 7) is 4.67. The van der Waals surface area contributed by atoms with Crippen molar-refractivity contribution in [3.63, 3.8) is 0 Å². The molecule has 0 aliphatic heterocycles. The van der Waals surface area contributed by atoms with E-state index in [9.17, 15) is 0 Å². The maximum Gasteiger partial charge on any atom is 0.146 e. The van der Waals surface area contributed by atoms with Crippen molar-refractivity contribution >= 4 is 0 Å². The Balaban J connectivity index is 1.95. The van der Waals surface area contributed by atoms with E-state index >= 15 is 0 Å². The lowest BCUT2D eigenvalue weighted by Gasteiger charge is -2.10. The van der Waals surface area contributed by atoms with E-state index in [1.54, 1.807) is 6.26 Å². The standard InChI is InChI=1S/C11H16N4O/c1-8(10-5-4-6-16-10)12-7-11-14-13-9(2)15(11)3/h4-6,8,12H,7H2,1-3H3. The predicted octanol–water partition coefficient (Wildman–Crippen LogP) is 1.57. The van der Waals surface area contributed by atoms with Crippen LogP contribution in [0.2, 0.25) is 0 Å². The van der Waals surface area contributed by atoms with Crippen LogP contribution >= 0.6 is 0 Å². The van der Waals surface area contributed by atoms with Crippen molar-refractivity contribution < 1.29 is 4.42 Å². The number of hydrogen-bond acceptors (Lipinski definition) is 4. The van der Waals surface area contributed by atoms with E-state index < -0.39 is 0 Å². The van der Waals surface area contributed by atoms with Crippen LogP contribution in [0.1, 0.15) is 30.4 Å². The van der Waals surface area contributed by atoms with Gasteiger partial charge in [0.2, 0.25) is 0 Å². The van der Waals surface area contributed by atoms with E-state index in [1.807, 2.05) is 30.7 Å². The zero-order chi connectivity index (χ0) is 11.5. The summed E-state index contributed by atoms with van der Waals surface area (Å²) in [4.78, 5) is 0. The van der Waals surface area contributed by atoms with Crippen LogP contribution in [0.25, 0.3) is 0 Å². The van der Waals surface area contributed by atoms with Crippen LogP contribution in [0.3, 0.4) is 0 Å². The Labute approximate surface area is 94.5 Å². The minimum atomic E-state index is 0.173. The Kier molecular flexibility index (Phi) is 3.05. The van der Waals surface area contributed by atoms with Crippen molar-refractivity contribution in [3.8, 4) is 0 Å². The van der Waals surface area contributed by atoms with Gasteiger partial charge in [-0.3, -0.25) is 0 Å². The van der Waals surface area contributed by atoms with E-state index in [0.717, 1.165) is 17.4 Å². The number of nitrogens with one attached hydrogen (secondary N) is 1. The molecule has 2 aromatic heterocycles. The summed E-state index contributed by atoms with van der Waals surface area (Å²) in [5.74, 6) is 2.78. The van der Waals surface area contributed by atoms with Gasteiger partial charge in [-0.25, -0.2) is 0 Å². The number of aromatic nitrogens is 3. The van der Waals surface area contributed by atoms with Crippen LogP contribution in [0.4, 0.5) is 0 Å². The van der Waals surface area contributed by atoms with Crippen LogP contribution in [0, 0.1) is 6.92 Å². The van der Waals surface area contributed by atoms with Crippen molar-refractivity contribution in [2.75, 3.05) is 0 Å². The molecule has 0 bridgehead atoms. The lowest BCUT2D eigenvalue weighted by atomic mass is 10.2. The average molecular weight is 220 g/mol. The second kappa shape index (κ2) is 4.49. The van der Waals surface area contributed by atoms with Gasteiger partial charge in [0.05, 0.1) is 18.8 Å². The second-order valence-corrected chi connectivity index (χ2v) is 3.84. The van der Waals surface area contributed by atoms with Crippen LogP contribution in [-0.2, 0) is 13.6 Å². The molecule has 0 radical (unpaired) electrons. The van der Waals surface area contributed by atoms with Crippen molar-refractivity contribution in [2.24, 2.45) is 7.05 Å². The van der Waals surface area contributed by atoms with E-state index in [1.165, 1.54) is 0 Å². The molecule has 0 saturated heterocycles. The van der Waals surface area contributed by atoms with Crippen LogP contribution in [0.5, 0.6) is 0 Å². The highest BCUT2D eigenvalue weighted by Crippen LogP contribution is 2.12. The molecule has 2 heterocycles. The molecular formula is C11H16N4O. The van der Waals surface area contributed by atoms with Gasteiger partial charge in [-0.2, -0.15) is 0 Å². The Bertz CT molecular complexity index is 447. The van der Waals surface area contributed by atoms with Gasteiger partial charge in [0.1, 0.15) is 17.4 Å². The van der Waals surface area contributed by atoms with Crippen LogP contribution in [-0.4, -0.2) is 14.8 Å². The second-order valence-electron chi connectivity index (χ2n) is 3.84. The van der Waals surface area contributed by atoms with E-state index in [-0.39, 0.29) is 6.04 Å². The summed E-state index contributed by atoms with van der Waals surface area (Å²) in [7, 11) is 1.96. The molecule has 1 N–H and O–H groups in total. The van der Waals surface area contributed by atoms with Gasteiger partial charge in [0.25, 0.3) is 0 Å². The molecule has 0 amide bonds. The molecule has 0 saturated carbocycles. The maximum atomic E-state index is 5.31. The van der Waals surface area contributed by atoms with Gasteiger partial charge in [-0.15, -0.1) is 10.2 Å². The van der Waals surface area contributed by atoms with Crippen LogP contribution in [0.15, 0.2) is 22.8 Å². The molecule has 5 heteroatoms. The summed E-state index contributed by atoms with van der Waals surface area (Å²) in [6.07, 6.45) is 1.68. The molecule has 86 valence electrons. The number of nitrogens with zero attached hydrogens (tertiary/aromatic N) is 3. The van der Waals surface area contributed by atoms with Crippen molar-refractivity contribution in [3.05, 3.63) is 35.8 Å². The lowest BCUT2D eigenvalue weighted by molar-refractivity contribution is 0.424. The normalized spacial score (nSPS) is 12.9. The SMILES string of the molecule is Cc1nnc(CNC(C)c2ccco2)n1C. The number of rotatable bonds is 4. The third-order valence-electron chi connectivity index (χ3n) is 2.72. The van der Waals surface area contributed by atoms with Crippen molar-refractivity contribution in [1.82, 2.24) is 20.1 Å². The predicted molar refractivity (Wildman–Crippen MR) is 59.7 cm³/mol. The molecule has 2 aromatic rings. The number of hydrogen-bond donors (Lipinski definition) is 1. The first-order valence-electron chi connectivity index (χ1n) is 5.30. The molecule has 1 unspecified atom stereocenters. The summed E-state index contributed by atoms with van der Waals surface area (Å²) in [5.41, 5.74) is 0. The average Bonchev–Trinajstić information content (AvgIpc) is 2.89. The van der Waals surface area contributed by atoms with Crippen molar-refractivity contribution in [2.45, 2.75) is 26.4 Å². The van der Waals surface area contributed by atoms with Gasteiger partial charge in [-0.1, -0.05) is 0 Å². The summed E-state index contributed by atoms with van der Waals surface area (Å²) >= 11 is 0. The Morgan fingerprint density at radius 3 is 2.88 bits per heavy atom. The largest absolute Gasteiger partial charge is 0.468 e. The highest BCUT2D eigenvalue weighted by molar-refractivity contribution is 5.03. The third-order valence-corrected chi connectivity index (χ3v) is 2.72. The monoisotopic (exact) mass is 220 g/mol. The highest BCUT2D eigenvalue weighted by atomic mass is 16.3. The number of aryl methyl sites for hydroxylation is 1. The molecule has 0 aliphatic carbocycles. The Hall–Kier alpha value is -1.62. The highest BCUT2D eigenvalue weighted by Gasteiger charge is 2.10. The fraction of sp³-hybridized carbons (Fsp3) is 0.455. The minimum absolute atomic E-state index is 0.173. The topological polar surface area (TPSA) is 55.9 Å². The fourth-order valence-corrected chi connectivity index (χ4v) is 1.49. The summed E-state index contributed by atoms with van der Waals surface area (Å²) < 4.78 is 7.29. The third kappa shape index (κ3) is 2.14. The maximum absolute atomic E-state index is 5.31. The first-order valence-corrected chi connectivity index (χ1v) is 5.30. The summed E-state index contributed by atoms with van der Waals surface area (Å²) in [5, 5.41) is 11.4. The van der Waals surface area contributed by atoms with Crippen LogP contribution < -0.4 is 5.32 Å². The van der Waals surface area contributed by atoms with E-state index in [0.29, 0.717) is 6.54 Å². The summed E-state index contributed by atoms with van der Waals surface area (Å²) in [6, 6.07) is 4.02. The smallest absolute Gasteiger partial charge is 0.146 e.